The lowest BCUT2D eigenvalue weighted by molar-refractivity contribution is -0.175. The van der Waals surface area contributed by atoms with Crippen LogP contribution in [0.15, 0.2) is 12.3 Å². The van der Waals surface area contributed by atoms with E-state index in [0.717, 1.165) is 0 Å². The summed E-state index contributed by atoms with van der Waals surface area (Å²) in [7, 11) is 0. The van der Waals surface area contributed by atoms with Crippen molar-refractivity contribution in [1.29, 1.82) is 0 Å². The molecule has 0 amide bonds. The number of halogens is 4. The second-order valence-electron chi connectivity index (χ2n) is 3.48. The first-order chi connectivity index (χ1) is 8.33. The van der Waals surface area contributed by atoms with Crippen molar-refractivity contribution >= 4 is 17.4 Å². The molecule has 0 aromatic carbocycles. The summed E-state index contributed by atoms with van der Waals surface area (Å²) in [5.74, 6) is 5.36. The Kier molecular flexibility index (Phi) is 5.15. The molecule has 1 aromatic rings. The average Bonchev–Trinajstić information content (AvgIpc) is 2.27. The number of hydrazine groups is 1. The summed E-state index contributed by atoms with van der Waals surface area (Å²) in [5.41, 5.74) is 8.26. The van der Waals surface area contributed by atoms with Crippen LogP contribution >= 0.6 is 11.6 Å². The highest BCUT2D eigenvalue weighted by atomic mass is 35.5. The number of nitrogen functional groups attached to an aromatic ring is 1. The van der Waals surface area contributed by atoms with Gasteiger partial charge in [0.1, 0.15) is 12.4 Å². The average molecular weight is 285 g/mol. The summed E-state index contributed by atoms with van der Waals surface area (Å²) in [6, 6.07) is 0.740. The second-order valence-corrected chi connectivity index (χ2v) is 3.91. The molecule has 18 heavy (non-hydrogen) atoms. The lowest BCUT2D eigenvalue weighted by Gasteiger charge is -2.18. The smallest absolute Gasteiger partial charge is 0.383 e. The van der Waals surface area contributed by atoms with Gasteiger partial charge in [-0.3, -0.25) is 11.3 Å². The largest absolute Gasteiger partial charge is 0.411 e. The van der Waals surface area contributed by atoms with E-state index in [-0.39, 0.29) is 12.4 Å². The second kappa shape index (κ2) is 6.19. The minimum atomic E-state index is -4.39. The summed E-state index contributed by atoms with van der Waals surface area (Å²) in [4.78, 5) is 3.78. The fourth-order valence-corrected chi connectivity index (χ4v) is 1.43. The van der Waals surface area contributed by atoms with Gasteiger partial charge >= 0.3 is 6.18 Å². The van der Waals surface area contributed by atoms with Gasteiger partial charge in [0.05, 0.1) is 17.7 Å². The molecule has 1 aromatic heterocycles. The minimum Gasteiger partial charge on any atom is -0.383 e. The standard InChI is InChI=1S/C9H12ClF3N4O/c10-5-1-6(8(14)16-2-5)7(17-15)3-18-4-9(11,12)13/h1-2,7,17H,3-4,15H2,(H2,14,16). The lowest BCUT2D eigenvalue weighted by Crippen LogP contribution is -2.33. The molecule has 0 fully saturated rings. The maximum absolute atomic E-state index is 11.9. The Morgan fingerprint density at radius 2 is 2.17 bits per heavy atom. The molecule has 0 aliphatic carbocycles. The van der Waals surface area contributed by atoms with Crippen molar-refractivity contribution in [3.63, 3.8) is 0 Å². The van der Waals surface area contributed by atoms with E-state index in [4.69, 9.17) is 23.2 Å². The van der Waals surface area contributed by atoms with Crippen LogP contribution in [-0.2, 0) is 4.74 Å². The number of hydrogen-bond acceptors (Lipinski definition) is 5. The number of pyridine rings is 1. The molecule has 0 radical (unpaired) electrons. The van der Waals surface area contributed by atoms with E-state index in [1.807, 2.05) is 0 Å². The molecule has 9 heteroatoms. The molecule has 5 N–H and O–H groups in total. The van der Waals surface area contributed by atoms with E-state index in [1.165, 1.54) is 12.3 Å². The number of nitrogens with zero attached hydrogens (tertiary/aromatic N) is 1. The molecular weight excluding hydrogens is 273 g/mol. The van der Waals surface area contributed by atoms with Crippen molar-refractivity contribution in [3.8, 4) is 0 Å². The van der Waals surface area contributed by atoms with E-state index in [0.29, 0.717) is 10.6 Å². The maximum atomic E-state index is 11.9. The van der Waals surface area contributed by atoms with Crippen LogP contribution in [0.5, 0.6) is 0 Å². The van der Waals surface area contributed by atoms with Crippen LogP contribution in [0.4, 0.5) is 19.0 Å². The number of nitrogens with one attached hydrogen (secondary N) is 1. The van der Waals surface area contributed by atoms with Gasteiger partial charge in [-0.1, -0.05) is 11.6 Å². The number of aromatic nitrogens is 1. The summed E-state index contributed by atoms with van der Waals surface area (Å²) in [5, 5.41) is 0.301. The van der Waals surface area contributed by atoms with Crippen molar-refractivity contribution in [2.75, 3.05) is 18.9 Å². The van der Waals surface area contributed by atoms with E-state index in [2.05, 4.69) is 15.1 Å². The Hall–Kier alpha value is -1.09. The number of rotatable bonds is 5. The van der Waals surface area contributed by atoms with Gasteiger partial charge in [-0.05, 0) is 6.07 Å². The Labute approximate surface area is 106 Å². The van der Waals surface area contributed by atoms with Gasteiger partial charge in [0.25, 0.3) is 0 Å². The van der Waals surface area contributed by atoms with Gasteiger partial charge in [-0.25, -0.2) is 4.98 Å². The number of anilines is 1. The molecule has 1 rings (SSSR count). The molecule has 0 bridgehead atoms. The van der Waals surface area contributed by atoms with Crippen molar-refractivity contribution in [1.82, 2.24) is 10.4 Å². The Bertz CT molecular complexity index is 402. The lowest BCUT2D eigenvalue weighted by atomic mass is 10.1. The summed E-state index contributed by atoms with van der Waals surface area (Å²) >= 11 is 5.72. The number of ether oxygens (including phenoxy) is 1. The number of alkyl halides is 3. The molecular formula is C9H12ClF3N4O. The zero-order valence-corrected chi connectivity index (χ0v) is 9.92. The highest BCUT2D eigenvalue weighted by molar-refractivity contribution is 6.30. The van der Waals surface area contributed by atoms with Gasteiger partial charge in [0, 0.05) is 11.8 Å². The summed E-state index contributed by atoms with van der Waals surface area (Å²) in [6.45, 7) is -1.67. The SMILES string of the molecule is NNC(COCC(F)(F)F)c1cc(Cl)cnc1N. The first kappa shape index (κ1) is 15.0. The fraction of sp³-hybridized carbons (Fsp3) is 0.444. The third-order valence-electron chi connectivity index (χ3n) is 2.04. The van der Waals surface area contributed by atoms with Crippen LogP contribution in [0.1, 0.15) is 11.6 Å². The minimum absolute atomic E-state index is 0.123. The maximum Gasteiger partial charge on any atom is 0.411 e. The molecule has 0 spiro atoms. The molecule has 102 valence electrons. The normalized spacial score (nSPS) is 13.6. The molecule has 0 saturated heterocycles. The third kappa shape index (κ3) is 4.65. The van der Waals surface area contributed by atoms with Crippen molar-refractivity contribution in [3.05, 3.63) is 22.8 Å². The molecule has 0 aliphatic heterocycles. The molecule has 5 nitrogen and oxygen atoms in total. The Balaban J connectivity index is 2.68. The van der Waals surface area contributed by atoms with Gasteiger partial charge in [0.2, 0.25) is 0 Å². The topological polar surface area (TPSA) is 86.2 Å². The predicted octanol–water partition coefficient (Wildman–Crippen LogP) is 1.40. The van der Waals surface area contributed by atoms with Crippen LogP contribution < -0.4 is 17.0 Å². The van der Waals surface area contributed by atoms with E-state index in [9.17, 15) is 13.2 Å². The molecule has 1 unspecified atom stereocenters. The first-order valence-corrected chi connectivity index (χ1v) is 5.23. The Morgan fingerprint density at radius 3 is 2.72 bits per heavy atom. The van der Waals surface area contributed by atoms with Crippen molar-refractivity contribution < 1.29 is 17.9 Å². The van der Waals surface area contributed by atoms with E-state index < -0.39 is 18.8 Å². The van der Waals surface area contributed by atoms with Crippen LogP contribution in [-0.4, -0.2) is 24.4 Å². The van der Waals surface area contributed by atoms with Crippen LogP contribution in [0.3, 0.4) is 0 Å². The van der Waals surface area contributed by atoms with Crippen LogP contribution in [0.2, 0.25) is 5.02 Å². The molecule has 0 aliphatic rings. The van der Waals surface area contributed by atoms with Crippen LogP contribution in [0.25, 0.3) is 0 Å². The molecule has 1 heterocycles. The van der Waals surface area contributed by atoms with E-state index >= 15 is 0 Å². The van der Waals surface area contributed by atoms with Gasteiger partial charge in [0.15, 0.2) is 0 Å². The van der Waals surface area contributed by atoms with Crippen molar-refractivity contribution in [2.45, 2.75) is 12.2 Å². The van der Waals surface area contributed by atoms with E-state index in [1.54, 1.807) is 0 Å². The third-order valence-corrected chi connectivity index (χ3v) is 2.25. The van der Waals surface area contributed by atoms with Gasteiger partial charge in [-0.15, -0.1) is 0 Å². The number of hydrogen-bond donors (Lipinski definition) is 3. The molecule has 1 atom stereocenters. The van der Waals surface area contributed by atoms with Crippen molar-refractivity contribution in [2.24, 2.45) is 5.84 Å². The first-order valence-electron chi connectivity index (χ1n) is 4.85. The molecule has 0 saturated carbocycles. The fourth-order valence-electron chi connectivity index (χ4n) is 1.26. The van der Waals surface area contributed by atoms with Crippen LogP contribution in [0, 0.1) is 0 Å². The zero-order valence-electron chi connectivity index (χ0n) is 9.17. The highest BCUT2D eigenvalue weighted by Gasteiger charge is 2.28. The number of nitrogens with two attached hydrogens (primary N) is 2. The van der Waals surface area contributed by atoms with Gasteiger partial charge < -0.3 is 10.5 Å². The summed E-state index contributed by atoms with van der Waals surface area (Å²) in [6.07, 6.45) is -3.07. The quantitative estimate of drug-likeness (QED) is 0.562. The monoisotopic (exact) mass is 284 g/mol. The van der Waals surface area contributed by atoms with Gasteiger partial charge in [-0.2, -0.15) is 13.2 Å². The zero-order chi connectivity index (χ0) is 13.8. The Morgan fingerprint density at radius 1 is 1.50 bits per heavy atom. The predicted molar refractivity (Wildman–Crippen MR) is 60.6 cm³/mol. The highest BCUT2D eigenvalue weighted by Crippen LogP contribution is 2.23. The summed E-state index contributed by atoms with van der Waals surface area (Å²) < 4.78 is 40.3.